The molecular weight excluding hydrogens is 272 g/mol. The Kier molecular flexibility index (Phi) is 4.57. The van der Waals surface area contributed by atoms with Crippen LogP contribution in [0.5, 0.6) is 0 Å². The van der Waals surface area contributed by atoms with Gasteiger partial charge in [0.1, 0.15) is 4.21 Å². The predicted molar refractivity (Wildman–Crippen MR) is 63.3 cm³/mol. The molecule has 1 rings (SSSR count). The molecule has 1 heterocycles. The zero-order chi connectivity index (χ0) is 12.2. The molecule has 0 aliphatic rings. The maximum Gasteiger partial charge on any atom is 0.250 e. The van der Waals surface area contributed by atoms with E-state index in [0.717, 1.165) is 16.9 Å². The fraction of sp³-hybridized carbons (Fsp3) is 0.429. The van der Waals surface area contributed by atoms with Crippen molar-refractivity contribution in [3.8, 4) is 0 Å². The Morgan fingerprint density at radius 1 is 1.69 bits per heavy atom. The van der Waals surface area contributed by atoms with E-state index in [1.807, 2.05) is 0 Å². The topological polar surface area (TPSA) is 94.9 Å². The number of azide groups is 1. The molecule has 0 spiro atoms. The second-order valence-electron chi connectivity index (χ2n) is 2.87. The van der Waals surface area contributed by atoms with Crippen molar-refractivity contribution in [2.45, 2.75) is 11.1 Å². The molecule has 16 heavy (non-hydrogen) atoms. The summed E-state index contributed by atoms with van der Waals surface area (Å²) in [4.78, 5) is 2.52. The van der Waals surface area contributed by atoms with Gasteiger partial charge in [0.15, 0.2) is 0 Å². The molecule has 0 amide bonds. The Hall–Kier alpha value is -0.790. The number of nitrogens with zero attached hydrogens (tertiary/aromatic N) is 3. The Bertz CT molecular complexity index is 499. The summed E-state index contributed by atoms with van der Waals surface area (Å²) in [5.41, 5.74) is 8.74. The minimum absolute atomic E-state index is 0.0704. The van der Waals surface area contributed by atoms with Gasteiger partial charge in [0.05, 0.1) is 4.34 Å². The number of hydrogen-bond donors (Lipinski definition) is 1. The Morgan fingerprint density at radius 3 is 2.88 bits per heavy atom. The summed E-state index contributed by atoms with van der Waals surface area (Å²) >= 11 is 6.78. The van der Waals surface area contributed by atoms with E-state index in [0.29, 0.717) is 4.34 Å². The van der Waals surface area contributed by atoms with Gasteiger partial charge < -0.3 is 0 Å². The van der Waals surface area contributed by atoms with Crippen LogP contribution in [0.25, 0.3) is 10.4 Å². The van der Waals surface area contributed by atoms with Crippen molar-refractivity contribution in [2.75, 3.05) is 13.1 Å². The molecule has 0 saturated carbocycles. The molecule has 0 fully saturated rings. The van der Waals surface area contributed by atoms with Crippen molar-refractivity contribution in [1.29, 1.82) is 0 Å². The predicted octanol–water partition coefficient (Wildman–Crippen LogP) is 2.30. The van der Waals surface area contributed by atoms with Crippen molar-refractivity contribution < 1.29 is 8.42 Å². The molecule has 0 saturated heterocycles. The summed E-state index contributed by atoms with van der Waals surface area (Å²) in [5.74, 6) is 0. The van der Waals surface area contributed by atoms with E-state index in [1.54, 1.807) is 6.92 Å². The number of aryl methyl sites for hydroxylation is 1. The number of hydrogen-bond acceptors (Lipinski definition) is 4. The summed E-state index contributed by atoms with van der Waals surface area (Å²) in [7, 11) is -3.54. The molecule has 0 aliphatic heterocycles. The van der Waals surface area contributed by atoms with Gasteiger partial charge in [-0.05, 0) is 24.1 Å². The lowest BCUT2D eigenvalue weighted by molar-refractivity contribution is 0.584. The van der Waals surface area contributed by atoms with E-state index < -0.39 is 10.0 Å². The van der Waals surface area contributed by atoms with E-state index in [2.05, 4.69) is 14.7 Å². The quantitative estimate of drug-likeness (QED) is 0.388. The summed E-state index contributed by atoms with van der Waals surface area (Å²) in [6.07, 6.45) is 0. The van der Waals surface area contributed by atoms with E-state index >= 15 is 0 Å². The first-order valence-electron chi connectivity index (χ1n) is 4.24. The third kappa shape index (κ3) is 3.36. The fourth-order valence-electron chi connectivity index (χ4n) is 0.910. The first-order valence-corrected chi connectivity index (χ1v) is 6.91. The van der Waals surface area contributed by atoms with Gasteiger partial charge in [0.2, 0.25) is 10.0 Å². The Balaban J connectivity index is 2.74. The number of sulfonamides is 1. The number of rotatable bonds is 5. The van der Waals surface area contributed by atoms with Gasteiger partial charge in [0, 0.05) is 18.0 Å². The molecule has 0 aliphatic carbocycles. The molecule has 0 bridgehead atoms. The second-order valence-corrected chi connectivity index (χ2v) is 6.52. The van der Waals surface area contributed by atoms with Crippen molar-refractivity contribution >= 4 is 33.0 Å². The number of nitrogens with one attached hydrogen (secondary N) is 1. The fourth-order valence-corrected chi connectivity index (χ4v) is 3.68. The molecule has 6 nitrogen and oxygen atoms in total. The molecule has 9 heteroatoms. The van der Waals surface area contributed by atoms with Crippen LogP contribution in [-0.2, 0) is 10.0 Å². The van der Waals surface area contributed by atoms with Gasteiger partial charge in [-0.25, -0.2) is 13.1 Å². The molecule has 1 aromatic heterocycles. The highest BCUT2D eigenvalue weighted by Crippen LogP contribution is 2.29. The Morgan fingerprint density at radius 2 is 2.38 bits per heavy atom. The van der Waals surface area contributed by atoms with Crippen LogP contribution in [0.15, 0.2) is 15.4 Å². The lowest BCUT2D eigenvalue weighted by Crippen LogP contribution is -2.25. The lowest BCUT2D eigenvalue weighted by Gasteiger charge is -2.01. The van der Waals surface area contributed by atoms with E-state index in [1.165, 1.54) is 6.07 Å². The monoisotopic (exact) mass is 280 g/mol. The maximum atomic E-state index is 11.7. The average Bonchev–Trinajstić information content (AvgIpc) is 2.55. The molecule has 0 atom stereocenters. The van der Waals surface area contributed by atoms with Crippen LogP contribution in [0.3, 0.4) is 0 Å². The van der Waals surface area contributed by atoms with Gasteiger partial charge in [-0.15, -0.1) is 11.3 Å². The first kappa shape index (κ1) is 13.3. The second kappa shape index (κ2) is 5.51. The zero-order valence-corrected chi connectivity index (χ0v) is 10.7. The van der Waals surface area contributed by atoms with Gasteiger partial charge in [-0.3, -0.25) is 0 Å². The third-order valence-electron chi connectivity index (χ3n) is 1.67. The summed E-state index contributed by atoms with van der Waals surface area (Å²) in [5, 5.41) is 3.22. The van der Waals surface area contributed by atoms with Gasteiger partial charge >= 0.3 is 0 Å². The highest BCUT2D eigenvalue weighted by Gasteiger charge is 2.17. The van der Waals surface area contributed by atoms with Crippen molar-refractivity contribution in [2.24, 2.45) is 5.11 Å². The lowest BCUT2D eigenvalue weighted by atomic mass is 10.4. The van der Waals surface area contributed by atoms with E-state index in [4.69, 9.17) is 17.1 Å². The molecule has 88 valence electrons. The van der Waals surface area contributed by atoms with Crippen LogP contribution in [0.2, 0.25) is 4.34 Å². The zero-order valence-electron chi connectivity index (χ0n) is 8.34. The molecule has 1 aromatic rings. The van der Waals surface area contributed by atoms with E-state index in [9.17, 15) is 8.42 Å². The minimum atomic E-state index is -3.54. The normalized spacial score (nSPS) is 11.1. The van der Waals surface area contributed by atoms with Gasteiger partial charge in [0.25, 0.3) is 0 Å². The smallest absolute Gasteiger partial charge is 0.210 e. The maximum absolute atomic E-state index is 11.7. The minimum Gasteiger partial charge on any atom is -0.210 e. The number of thiophene rings is 1. The largest absolute Gasteiger partial charge is 0.250 e. The van der Waals surface area contributed by atoms with Crippen molar-refractivity contribution in [1.82, 2.24) is 4.72 Å². The van der Waals surface area contributed by atoms with Crippen LogP contribution in [0.1, 0.15) is 5.56 Å². The standard InChI is InChI=1S/C7H9ClN4O2S2/c1-5-4-6(15-7(5)8)16(13,14)11-3-2-10-12-9/h4,11H,2-3H2,1H3. The van der Waals surface area contributed by atoms with Crippen molar-refractivity contribution in [3.63, 3.8) is 0 Å². The SMILES string of the molecule is Cc1cc(S(=O)(=O)NCCN=[N+]=[N-])sc1Cl. The molecule has 0 unspecified atom stereocenters. The third-order valence-corrected chi connectivity index (χ3v) is 5.16. The summed E-state index contributed by atoms with van der Waals surface area (Å²) in [6, 6.07) is 1.50. The van der Waals surface area contributed by atoms with E-state index in [-0.39, 0.29) is 17.3 Å². The van der Waals surface area contributed by atoms with Crippen LogP contribution < -0.4 is 4.72 Å². The Labute approximate surface area is 102 Å². The average molecular weight is 281 g/mol. The van der Waals surface area contributed by atoms with Crippen molar-refractivity contribution in [3.05, 3.63) is 26.4 Å². The van der Waals surface area contributed by atoms with Gasteiger partial charge in [-0.1, -0.05) is 16.7 Å². The van der Waals surface area contributed by atoms with Crippen LogP contribution in [0.4, 0.5) is 0 Å². The summed E-state index contributed by atoms with van der Waals surface area (Å²) in [6.45, 7) is 1.88. The molecule has 0 radical (unpaired) electrons. The van der Waals surface area contributed by atoms with Gasteiger partial charge in [-0.2, -0.15) is 0 Å². The van der Waals surface area contributed by atoms with Crippen LogP contribution in [-0.4, -0.2) is 21.5 Å². The van der Waals surface area contributed by atoms with Crippen LogP contribution in [0, 0.1) is 6.92 Å². The highest BCUT2D eigenvalue weighted by atomic mass is 35.5. The molecular formula is C7H9ClN4O2S2. The summed E-state index contributed by atoms with van der Waals surface area (Å²) < 4.78 is 26.3. The molecule has 0 aromatic carbocycles. The molecule has 1 N–H and O–H groups in total. The first-order chi connectivity index (χ1) is 7.47. The van der Waals surface area contributed by atoms with Crippen LogP contribution >= 0.6 is 22.9 Å². The number of halogens is 1. The highest BCUT2D eigenvalue weighted by molar-refractivity contribution is 7.91.